The Bertz CT molecular complexity index is 1390. The van der Waals surface area contributed by atoms with Gasteiger partial charge in [0, 0.05) is 11.8 Å². The van der Waals surface area contributed by atoms with Crippen LogP contribution in [0.3, 0.4) is 0 Å². The fourth-order valence-electron chi connectivity index (χ4n) is 5.23. The van der Waals surface area contributed by atoms with Crippen LogP contribution in [0.4, 0.5) is 11.4 Å². The summed E-state index contributed by atoms with van der Waals surface area (Å²) in [7, 11) is 0. The molecular weight excluding hydrogens is 462 g/mol. The summed E-state index contributed by atoms with van der Waals surface area (Å²) in [5.74, 6) is 0.933. The normalized spacial score (nSPS) is 15.6. The van der Waals surface area contributed by atoms with Crippen molar-refractivity contribution in [3.63, 3.8) is 0 Å². The zero-order chi connectivity index (χ0) is 25.8. The predicted octanol–water partition coefficient (Wildman–Crippen LogP) is 7.48. The highest BCUT2D eigenvalue weighted by atomic mass is 16.5. The van der Waals surface area contributed by atoms with Gasteiger partial charge in [-0.1, -0.05) is 67.6 Å². The van der Waals surface area contributed by atoms with Crippen LogP contribution in [-0.2, 0) is 4.79 Å². The molecule has 1 aliphatic heterocycles. The zero-order valence-corrected chi connectivity index (χ0v) is 21.4. The monoisotopic (exact) mass is 495 g/mol. The van der Waals surface area contributed by atoms with Crippen LogP contribution in [-0.4, -0.2) is 30.3 Å². The Kier molecular flexibility index (Phi) is 7.31. The van der Waals surface area contributed by atoms with Gasteiger partial charge in [0.2, 0.25) is 0 Å². The Morgan fingerprint density at radius 1 is 1.05 bits per heavy atom. The number of carbonyl (C=O) groups is 1. The number of rotatable bonds is 9. The van der Waals surface area contributed by atoms with E-state index in [0.29, 0.717) is 11.7 Å². The van der Waals surface area contributed by atoms with E-state index < -0.39 is 5.97 Å². The zero-order valence-electron chi connectivity index (χ0n) is 21.4. The molecule has 0 spiro atoms. The summed E-state index contributed by atoms with van der Waals surface area (Å²) in [4.78, 5) is 13.3. The molecule has 5 nitrogen and oxygen atoms in total. The van der Waals surface area contributed by atoms with E-state index in [-0.39, 0.29) is 12.7 Å². The van der Waals surface area contributed by atoms with Gasteiger partial charge in [0.25, 0.3) is 0 Å². The Labute approximate surface area is 218 Å². The lowest BCUT2D eigenvalue weighted by atomic mass is 9.90. The van der Waals surface area contributed by atoms with Gasteiger partial charge in [-0.15, -0.1) is 0 Å². The molecular formula is C32H33NO4. The van der Waals surface area contributed by atoms with Crippen molar-refractivity contribution in [1.82, 2.24) is 0 Å². The van der Waals surface area contributed by atoms with Crippen LogP contribution in [0.25, 0.3) is 10.8 Å². The second-order valence-corrected chi connectivity index (χ2v) is 9.85. The minimum absolute atomic E-state index is 0.0549. The Morgan fingerprint density at radius 2 is 1.84 bits per heavy atom. The van der Waals surface area contributed by atoms with Gasteiger partial charge in [-0.3, -0.25) is 0 Å². The highest BCUT2D eigenvalue weighted by Gasteiger charge is 2.27. The fraction of sp³-hybridized carbons (Fsp3) is 0.281. The van der Waals surface area contributed by atoms with Gasteiger partial charge in [0.05, 0.1) is 12.2 Å². The summed E-state index contributed by atoms with van der Waals surface area (Å²) in [6, 6.07) is 29.2. The van der Waals surface area contributed by atoms with Crippen molar-refractivity contribution in [3.8, 4) is 11.5 Å². The standard InChI is InChI=1S/C32H33NO4/c1-22(27-14-8-11-24-10-3-4-13-28(24)27)9-7-12-26-20-33(29-15-5-6-16-30(29)37-26)25-18-17-23(2)31(19-25)36-21-32(34)35/h3-6,8,10-11,13-19,22,26H,7,9,12,20-21H2,1-2H3,(H,34,35)/t22-,26?/m0/s1. The number of aliphatic carboxylic acids is 1. The summed E-state index contributed by atoms with van der Waals surface area (Å²) in [6.45, 7) is 4.60. The lowest BCUT2D eigenvalue weighted by Crippen LogP contribution is -2.37. The summed E-state index contributed by atoms with van der Waals surface area (Å²) in [5.41, 5.74) is 4.29. The van der Waals surface area contributed by atoms with Crippen LogP contribution in [0, 0.1) is 6.92 Å². The first-order valence-corrected chi connectivity index (χ1v) is 13.0. The number of fused-ring (bicyclic) bond motifs is 2. The second-order valence-electron chi connectivity index (χ2n) is 9.85. The molecule has 1 heterocycles. The van der Waals surface area contributed by atoms with Gasteiger partial charge in [0.15, 0.2) is 6.61 Å². The van der Waals surface area contributed by atoms with Gasteiger partial charge < -0.3 is 19.5 Å². The molecule has 0 aliphatic carbocycles. The number of benzene rings is 4. The molecule has 5 rings (SSSR count). The third-order valence-electron chi connectivity index (χ3n) is 7.19. The number of hydrogen-bond acceptors (Lipinski definition) is 4. The summed E-state index contributed by atoms with van der Waals surface area (Å²) < 4.78 is 12.0. The molecule has 4 aromatic carbocycles. The lowest BCUT2D eigenvalue weighted by Gasteiger charge is -2.36. The number of para-hydroxylation sites is 2. The van der Waals surface area contributed by atoms with E-state index in [0.717, 1.165) is 48.5 Å². The van der Waals surface area contributed by atoms with E-state index in [9.17, 15) is 4.79 Å². The molecule has 5 heteroatoms. The number of ether oxygens (including phenoxy) is 2. The number of nitrogens with zero attached hydrogens (tertiary/aromatic N) is 1. The first kappa shape index (κ1) is 24.7. The highest BCUT2D eigenvalue weighted by Crippen LogP contribution is 2.40. The van der Waals surface area contributed by atoms with Crippen molar-refractivity contribution in [2.75, 3.05) is 18.1 Å². The van der Waals surface area contributed by atoms with Crippen LogP contribution in [0.5, 0.6) is 11.5 Å². The molecule has 0 radical (unpaired) electrons. The molecule has 0 bridgehead atoms. The first-order chi connectivity index (χ1) is 18.0. The Morgan fingerprint density at radius 3 is 2.70 bits per heavy atom. The maximum Gasteiger partial charge on any atom is 0.341 e. The first-order valence-electron chi connectivity index (χ1n) is 13.0. The smallest absolute Gasteiger partial charge is 0.341 e. The van der Waals surface area contributed by atoms with Gasteiger partial charge in [-0.2, -0.15) is 0 Å². The van der Waals surface area contributed by atoms with E-state index in [1.54, 1.807) is 0 Å². The molecule has 0 fully saturated rings. The quantitative estimate of drug-likeness (QED) is 0.261. The van der Waals surface area contributed by atoms with Gasteiger partial charge in [0.1, 0.15) is 17.6 Å². The maximum absolute atomic E-state index is 11.0. The molecule has 190 valence electrons. The molecule has 2 atom stereocenters. The molecule has 0 amide bonds. The number of hydrogen-bond donors (Lipinski definition) is 1. The third-order valence-corrected chi connectivity index (χ3v) is 7.19. The number of carboxylic acid groups (broad SMARTS) is 1. The van der Waals surface area contributed by atoms with Crippen LogP contribution in [0.2, 0.25) is 0 Å². The van der Waals surface area contributed by atoms with Crippen molar-refractivity contribution < 1.29 is 19.4 Å². The number of carboxylic acids is 1. The van der Waals surface area contributed by atoms with E-state index in [2.05, 4.69) is 66.4 Å². The molecule has 1 unspecified atom stereocenters. The lowest BCUT2D eigenvalue weighted by molar-refractivity contribution is -0.139. The van der Waals surface area contributed by atoms with Crippen molar-refractivity contribution in [2.45, 2.75) is 45.1 Å². The van der Waals surface area contributed by atoms with Crippen molar-refractivity contribution in [2.24, 2.45) is 0 Å². The Hall–Kier alpha value is -3.99. The summed E-state index contributed by atoms with van der Waals surface area (Å²) >= 11 is 0. The van der Waals surface area contributed by atoms with Gasteiger partial charge in [-0.05, 0) is 72.2 Å². The fourth-order valence-corrected chi connectivity index (χ4v) is 5.23. The predicted molar refractivity (Wildman–Crippen MR) is 148 cm³/mol. The average molecular weight is 496 g/mol. The van der Waals surface area contributed by atoms with E-state index in [1.165, 1.54) is 16.3 Å². The van der Waals surface area contributed by atoms with E-state index in [1.807, 2.05) is 37.3 Å². The van der Waals surface area contributed by atoms with E-state index >= 15 is 0 Å². The molecule has 37 heavy (non-hydrogen) atoms. The van der Waals surface area contributed by atoms with Gasteiger partial charge in [-0.25, -0.2) is 4.79 Å². The average Bonchev–Trinajstić information content (AvgIpc) is 2.91. The summed E-state index contributed by atoms with van der Waals surface area (Å²) in [5, 5.41) is 11.7. The molecule has 4 aromatic rings. The molecule has 0 saturated carbocycles. The van der Waals surface area contributed by atoms with Crippen molar-refractivity contribution in [3.05, 3.63) is 96.1 Å². The van der Waals surface area contributed by atoms with Crippen LogP contribution >= 0.6 is 0 Å². The van der Waals surface area contributed by atoms with Crippen LogP contribution in [0.15, 0.2) is 84.9 Å². The van der Waals surface area contributed by atoms with E-state index in [4.69, 9.17) is 14.6 Å². The number of aryl methyl sites for hydroxylation is 1. The largest absolute Gasteiger partial charge is 0.486 e. The summed E-state index contributed by atoms with van der Waals surface area (Å²) in [6.07, 6.45) is 3.16. The second kappa shape index (κ2) is 11.0. The van der Waals surface area contributed by atoms with Gasteiger partial charge >= 0.3 is 5.97 Å². The van der Waals surface area contributed by atoms with Crippen molar-refractivity contribution >= 4 is 28.1 Å². The molecule has 0 saturated heterocycles. The Balaban J connectivity index is 1.30. The number of anilines is 2. The van der Waals surface area contributed by atoms with Crippen LogP contribution in [0.1, 0.15) is 43.2 Å². The minimum atomic E-state index is -0.987. The molecule has 1 N–H and O–H groups in total. The topological polar surface area (TPSA) is 59.0 Å². The third kappa shape index (κ3) is 5.56. The molecule has 1 aliphatic rings. The highest BCUT2D eigenvalue weighted by molar-refractivity contribution is 5.86. The minimum Gasteiger partial charge on any atom is -0.486 e. The van der Waals surface area contributed by atoms with Crippen molar-refractivity contribution in [1.29, 1.82) is 0 Å². The van der Waals surface area contributed by atoms with Crippen LogP contribution < -0.4 is 14.4 Å². The molecule has 0 aromatic heterocycles. The SMILES string of the molecule is Cc1ccc(N2CC(CCC[C@H](C)c3cccc4ccccc34)Oc3ccccc32)cc1OCC(=O)O. The maximum atomic E-state index is 11.0.